The first kappa shape index (κ1) is 20.0. The van der Waals surface area contributed by atoms with Gasteiger partial charge in [0.2, 0.25) is 0 Å². The number of Topliss-reactive ketones (excluding diaryl/α,β-unsaturated/α-hetero) is 1. The first-order chi connectivity index (χ1) is 15.1. The number of rotatable bonds is 5. The number of thioether (sulfide) groups is 1. The molecule has 0 spiro atoms. The topological polar surface area (TPSA) is 74.2 Å². The van der Waals surface area contributed by atoms with E-state index in [9.17, 15) is 4.79 Å². The summed E-state index contributed by atoms with van der Waals surface area (Å²) in [6.07, 6.45) is 0. The van der Waals surface area contributed by atoms with E-state index >= 15 is 0 Å². The fourth-order valence-electron chi connectivity index (χ4n) is 3.35. The zero-order valence-corrected chi connectivity index (χ0v) is 18.7. The van der Waals surface area contributed by atoms with E-state index in [0.29, 0.717) is 35.3 Å². The molecule has 1 aliphatic heterocycles. The molecule has 0 saturated heterocycles. The molecule has 0 saturated carbocycles. The number of carbonyl (C=O) groups is 1. The van der Waals surface area contributed by atoms with E-state index in [-0.39, 0.29) is 11.5 Å². The lowest BCUT2D eigenvalue weighted by Gasteiger charge is -2.18. The Labute approximate surface area is 187 Å². The van der Waals surface area contributed by atoms with Crippen LogP contribution in [0.2, 0.25) is 0 Å². The molecule has 3 heterocycles. The average molecular weight is 450 g/mol. The maximum absolute atomic E-state index is 12.8. The minimum absolute atomic E-state index is 0.00788. The van der Waals surface area contributed by atoms with Gasteiger partial charge in [-0.3, -0.25) is 4.79 Å². The number of benzene rings is 2. The summed E-state index contributed by atoms with van der Waals surface area (Å²) in [4.78, 5) is 17.5. The van der Waals surface area contributed by atoms with Crippen molar-refractivity contribution in [3.63, 3.8) is 0 Å². The van der Waals surface area contributed by atoms with Crippen LogP contribution < -0.4 is 9.47 Å². The van der Waals surface area contributed by atoms with Gasteiger partial charge in [-0.25, -0.2) is 4.98 Å². The molecule has 8 heteroatoms. The van der Waals surface area contributed by atoms with Crippen molar-refractivity contribution in [3.8, 4) is 22.8 Å². The second-order valence-electron chi connectivity index (χ2n) is 7.20. The minimum atomic E-state index is -0.00788. The third kappa shape index (κ3) is 4.00. The maximum atomic E-state index is 12.8. The Morgan fingerprint density at radius 2 is 1.81 bits per heavy atom. The molecule has 0 atom stereocenters. The van der Waals surface area contributed by atoms with Gasteiger partial charge >= 0.3 is 0 Å². The number of aromatic nitrogens is 3. The van der Waals surface area contributed by atoms with Gasteiger partial charge in [-0.15, -0.1) is 21.5 Å². The van der Waals surface area contributed by atoms with Crippen LogP contribution in [0.4, 0.5) is 0 Å². The number of aryl methyl sites for hydroxylation is 2. The summed E-state index contributed by atoms with van der Waals surface area (Å²) in [6, 6.07) is 13.5. The largest absolute Gasteiger partial charge is 0.486 e. The molecule has 31 heavy (non-hydrogen) atoms. The molecule has 156 valence electrons. The van der Waals surface area contributed by atoms with Crippen LogP contribution in [-0.4, -0.2) is 39.9 Å². The molecular weight excluding hydrogens is 430 g/mol. The summed E-state index contributed by atoms with van der Waals surface area (Å²) in [5.41, 5.74) is 4.41. The Bertz CT molecular complexity index is 1290. The Kier molecular flexibility index (Phi) is 5.33. The van der Waals surface area contributed by atoms with Crippen LogP contribution in [-0.2, 0) is 0 Å². The molecule has 5 rings (SSSR count). The molecule has 2 aromatic carbocycles. The molecule has 0 radical (unpaired) electrons. The van der Waals surface area contributed by atoms with Gasteiger partial charge in [0, 0.05) is 11.1 Å². The third-order valence-corrected chi connectivity index (χ3v) is 6.85. The molecular formula is C23H19N3O3S2. The standard InChI is InChI=1S/C23H19N3O3S2/c1-13-3-5-15(6-4-13)20-22-21(24-14(2)31-22)23(26-25-20)30-12-17(27)16-7-8-18-19(11-16)29-10-9-28-18/h3-8,11H,9-10,12H2,1-2H3. The quantitative estimate of drug-likeness (QED) is 0.309. The zero-order chi connectivity index (χ0) is 21.4. The molecule has 0 aliphatic carbocycles. The van der Waals surface area contributed by atoms with Gasteiger partial charge in [-0.05, 0) is 32.0 Å². The summed E-state index contributed by atoms with van der Waals surface area (Å²) >= 11 is 2.95. The van der Waals surface area contributed by atoms with Crippen molar-refractivity contribution in [1.29, 1.82) is 0 Å². The number of fused-ring (bicyclic) bond motifs is 2. The summed E-state index contributed by atoms with van der Waals surface area (Å²) in [5, 5.41) is 10.5. The molecule has 6 nitrogen and oxygen atoms in total. The van der Waals surface area contributed by atoms with Crippen LogP contribution in [0.1, 0.15) is 20.9 Å². The Balaban J connectivity index is 1.40. The van der Waals surface area contributed by atoms with Crippen molar-refractivity contribution < 1.29 is 14.3 Å². The Morgan fingerprint density at radius 3 is 2.61 bits per heavy atom. The first-order valence-electron chi connectivity index (χ1n) is 9.85. The molecule has 0 amide bonds. The van der Waals surface area contributed by atoms with E-state index < -0.39 is 0 Å². The van der Waals surface area contributed by atoms with Crippen LogP contribution >= 0.6 is 23.1 Å². The fourth-order valence-corrected chi connectivity index (χ4v) is 5.16. The second-order valence-corrected chi connectivity index (χ2v) is 9.37. The van der Waals surface area contributed by atoms with Crippen molar-refractivity contribution in [1.82, 2.24) is 15.2 Å². The highest BCUT2D eigenvalue weighted by molar-refractivity contribution is 8.00. The molecule has 0 bridgehead atoms. The molecule has 0 unspecified atom stereocenters. The monoisotopic (exact) mass is 449 g/mol. The number of ether oxygens (including phenoxy) is 2. The van der Waals surface area contributed by atoms with Gasteiger partial charge in [-0.1, -0.05) is 41.6 Å². The van der Waals surface area contributed by atoms with Gasteiger partial charge < -0.3 is 9.47 Å². The van der Waals surface area contributed by atoms with Crippen molar-refractivity contribution in [2.45, 2.75) is 18.9 Å². The van der Waals surface area contributed by atoms with E-state index in [1.807, 2.05) is 19.1 Å². The highest BCUT2D eigenvalue weighted by Crippen LogP contribution is 2.36. The van der Waals surface area contributed by atoms with Crippen molar-refractivity contribution in [2.75, 3.05) is 19.0 Å². The Hall–Kier alpha value is -2.97. The van der Waals surface area contributed by atoms with E-state index in [4.69, 9.17) is 9.47 Å². The molecule has 1 aliphatic rings. The van der Waals surface area contributed by atoms with Crippen LogP contribution in [0, 0.1) is 13.8 Å². The highest BCUT2D eigenvalue weighted by Gasteiger charge is 2.19. The van der Waals surface area contributed by atoms with Gasteiger partial charge in [0.25, 0.3) is 0 Å². The molecule has 0 fully saturated rings. The van der Waals surface area contributed by atoms with Gasteiger partial charge in [0.1, 0.15) is 29.5 Å². The molecule has 0 N–H and O–H groups in total. The lowest BCUT2D eigenvalue weighted by Crippen LogP contribution is -2.16. The summed E-state index contributed by atoms with van der Waals surface area (Å²) < 4.78 is 12.1. The van der Waals surface area contributed by atoms with Crippen LogP contribution in [0.5, 0.6) is 11.5 Å². The van der Waals surface area contributed by atoms with Crippen molar-refractivity contribution in [3.05, 3.63) is 58.6 Å². The van der Waals surface area contributed by atoms with Gasteiger partial charge in [0.15, 0.2) is 17.3 Å². The predicted molar refractivity (Wildman–Crippen MR) is 123 cm³/mol. The number of ketones is 1. The number of hydrogen-bond donors (Lipinski definition) is 0. The van der Waals surface area contributed by atoms with E-state index in [2.05, 4.69) is 34.2 Å². The summed E-state index contributed by atoms with van der Waals surface area (Å²) in [7, 11) is 0. The lowest BCUT2D eigenvalue weighted by molar-refractivity contribution is 0.102. The number of carbonyl (C=O) groups excluding carboxylic acids is 1. The smallest absolute Gasteiger partial charge is 0.173 e. The fraction of sp³-hybridized carbons (Fsp3) is 0.217. The van der Waals surface area contributed by atoms with Gasteiger partial charge in [0.05, 0.1) is 15.5 Å². The van der Waals surface area contributed by atoms with E-state index in [1.165, 1.54) is 17.3 Å². The van der Waals surface area contributed by atoms with Crippen molar-refractivity contribution >= 4 is 39.1 Å². The number of nitrogens with zero attached hydrogens (tertiary/aromatic N) is 3. The molecule has 2 aromatic heterocycles. The number of hydrogen-bond acceptors (Lipinski definition) is 8. The number of thiazole rings is 1. The average Bonchev–Trinajstić information content (AvgIpc) is 3.19. The second kappa shape index (κ2) is 8.28. The highest BCUT2D eigenvalue weighted by atomic mass is 32.2. The minimum Gasteiger partial charge on any atom is -0.486 e. The predicted octanol–water partition coefficient (Wildman–Crippen LogP) is 5.12. The van der Waals surface area contributed by atoms with Crippen LogP contribution in [0.25, 0.3) is 21.5 Å². The van der Waals surface area contributed by atoms with Crippen LogP contribution in [0.3, 0.4) is 0 Å². The molecule has 4 aromatic rings. The first-order valence-corrected chi connectivity index (χ1v) is 11.7. The lowest BCUT2D eigenvalue weighted by atomic mass is 10.1. The van der Waals surface area contributed by atoms with E-state index in [1.54, 1.807) is 29.5 Å². The van der Waals surface area contributed by atoms with E-state index in [0.717, 1.165) is 26.5 Å². The Morgan fingerprint density at radius 1 is 1.03 bits per heavy atom. The van der Waals surface area contributed by atoms with Gasteiger partial charge in [-0.2, -0.15) is 0 Å². The third-order valence-electron chi connectivity index (χ3n) is 4.92. The maximum Gasteiger partial charge on any atom is 0.173 e. The SMILES string of the molecule is Cc1ccc(-c2nnc(SCC(=O)c3ccc4c(c3)OCCO4)c3nc(C)sc23)cc1. The summed E-state index contributed by atoms with van der Waals surface area (Å²) in [5.74, 6) is 1.52. The summed E-state index contributed by atoms with van der Waals surface area (Å²) in [6.45, 7) is 5.04. The normalized spacial score (nSPS) is 12.8. The van der Waals surface area contributed by atoms with Crippen molar-refractivity contribution in [2.24, 2.45) is 0 Å². The zero-order valence-electron chi connectivity index (χ0n) is 17.0. The van der Waals surface area contributed by atoms with Crippen LogP contribution in [0.15, 0.2) is 47.5 Å².